The fraction of sp³-hybridized carbons (Fsp3) is 0.600. The SMILES string of the molecule is CN1CCC[C@H]1COc1cccc([C@H](O)CCN)c1. The molecular formula is C15H24N2O2. The van der Waals surface area contributed by atoms with Gasteiger partial charge in [-0.2, -0.15) is 0 Å². The van der Waals surface area contributed by atoms with Gasteiger partial charge >= 0.3 is 0 Å². The van der Waals surface area contributed by atoms with Crippen molar-refractivity contribution in [1.29, 1.82) is 0 Å². The first kappa shape index (κ1) is 14.3. The Morgan fingerprint density at radius 2 is 2.37 bits per heavy atom. The number of likely N-dealkylation sites (N-methyl/N-ethyl adjacent to an activating group) is 1. The van der Waals surface area contributed by atoms with Gasteiger partial charge in [0.1, 0.15) is 12.4 Å². The van der Waals surface area contributed by atoms with Crippen molar-refractivity contribution in [3.63, 3.8) is 0 Å². The van der Waals surface area contributed by atoms with Gasteiger partial charge in [-0.3, -0.25) is 0 Å². The zero-order valence-electron chi connectivity index (χ0n) is 11.6. The highest BCUT2D eigenvalue weighted by molar-refractivity contribution is 5.30. The van der Waals surface area contributed by atoms with Gasteiger partial charge in [0.05, 0.1) is 6.10 Å². The number of likely N-dealkylation sites (tertiary alicyclic amines) is 1. The molecule has 19 heavy (non-hydrogen) atoms. The van der Waals surface area contributed by atoms with Crippen molar-refractivity contribution in [3.8, 4) is 5.75 Å². The molecule has 0 aliphatic carbocycles. The van der Waals surface area contributed by atoms with Gasteiger partial charge in [0.15, 0.2) is 0 Å². The monoisotopic (exact) mass is 264 g/mol. The number of nitrogens with zero attached hydrogens (tertiary/aromatic N) is 1. The topological polar surface area (TPSA) is 58.7 Å². The minimum absolute atomic E-state index is 0.485. The van der Waals surface area contributed by atoms with Gasteiger partial charge in [0.2, 0.25) is 0 Å². The summed E-state index contributed by atoms with van der Waals surface area (Å²) in [5.41, 5.74) is 6.34. The van der Waals surface area contributed by atoms with E-state index in [1.54, 1.807) is 0 Å². The Hall–Kier alpha value is -1.10. The maximum Gasteiger partial charge on any atom is 0.119 e. The van der Waals surface area contributed by atoms with Crippen molar-refractivity contribution in [1.82, 2.24) is 4.90 Å². The molecule has 1 saturated heterocycles. The molecule has 4 nitrogen and oxygen atoms in total. The van der Waals surface area contributed by atoms with Gasteiger partial charge in [-0.15, -0.1) is 0 Å². The molecule has 1 fully saturated rings. The normalized spacial score (nSPS) is 21.5. The average molecular weight is 264 g/mol. The van der Waals surface area contributed by atoms with E-state index in [9.17, 15) is 5.11 Å². The lowest BCUT2D eigenvalue weighted by Gasteiger charge is -2.20. The van der Waals surface area contributed by atoms with E-state index >= 15 is 0 Å². The summed E-state index contributed by atoms with van der Waals surface area (Å²) in [7, 11) is 2.14. The molecule has 1 aliphatic heterocycles. The summed E-state index contributed by atoms with van der Waals surface area (Å²) >= 11 is 0. The van der Waals surface area contributed by atoms with Crippen LogP contribution in [0.1, 0.15) is 30.9 Å². The van der Waals surface area contributed by atoms with E-state index in [0.717, 1.165) is 17.9 Å². The van der Waals surface area contributed by atoms with Crippen LogP contribution < -0.4 is 10.5 Å². The van der Waals surface area contributed by atoms with Crippen LogP contribution in [0.5, 0.6) is 5.75 Å². The molecular weight excluding hydrogens is 240 g/mol. The van der Waals surface area contributed by atoms with Crippen LogP contribution in [0.4, 0.5) is 0 Å². The Kier molecular flexibility index (Phi) is 5.19. The first-order valence-electron chi connectivity index (χ1n) is 7.02. The van der Waals surface area contributed by atoms with E-state index in [-0.39, 0.29) is 0 Å². The standard InChI is InChI=1S/C15H24N2O2/c1-17-9-3-5-13(17)11-19-14-6-2-4-12(10-14)15(18)7-8-16/h2,4,6,10,13,15,18H,3,5,7-9,11,16H2,1H3/t13-,15+/m0/s1. The van der Waals surface area contributed by atoms with Crippen LogP contribution in [-0.2, 0) is 0 Å². The van der Waals surface area contributed by atoms with Crippen molar-refractivity contribution in [3.05, 3.63) is 29.8 Å². The largest absolute Gasteiger partial charge is 0.492 e. The fourth-order valence-corrected chi connectivity index (χ4v) is 2.52. The molecule has 3 N–H and O–H groups in total. The smallest absolute Gasteiger partial charge is 0.119 e. The van der Waals surface area contributed by atoms with Crippen LogP contribution in [0, 0.1) is 0 Å². The summed E-state index contributed by atoms with van der Waals surface area (Å²) in [6.45, 7) is 2.36. The van der Waals surface area contributed by atoms with E-state index in [1.807, 2.05) is 24.3 Å². The zero-order valence-corrected chi connectivity index (χ0v) is 11.6. The van der Waals surface area contributed by atoms with Gasteiger partial charge < -0.3 is 20.5 Å². The number of benzene rings is 1. The van der Waals surface area contributed by atoms with E-state index in [1.165, 1.54) is 12.8 Å². The maximum atomic E-state index is 9.92. The van der Waals surface area contributed by atoms with Gasteiger partial charge in [-0.05, 0) is 57.1 Å². The Bertz CT molecular complexity index is 397. The molecule has 0 radical (unpaired) electrons. The second-order valence-electron chi connectivity index (χ2n) is 5.25. The summed E-state index contributed by atoms with van der Waals surface area (Å²) in [4.78, 5) is 2.34. The number of rotatable bonds is 6. The third kappa shape index (κ3) is 3.93. The molecule has 0 spiro atoms. The van der Waals surface area contributed by atoms with Crippen LogP contribution >= 0.6 is 0 Å². The van der Waals surface area contributed by atoms with Crippen LogP contribution in [0.2, 0.25) is 0 Å². The predicted octanol–water partition coefficient (Wildman–Crippen LogP) is 1.54. The number of nitrogens with two attached hydrogens (primary N) is 1. The van der Waals surface area contributed by atoms with Crippen molar-refractivity contribution in [2.24, 2.45) is 5.73 Å². The van der Waals surface area contributed by atoms with E-state index in [2.05, 4.69) is 11.9 Å². The van der Waals surface area contributed by atoms with Crippen LogP contribution in [-0.4, -0.2) is 42.8 Å². The molecule has 2 atom stereocenters. The number of hydrogen-bond donors (Lipinski definition) is 2. The number of ether oxygens (including phenoxy) is 1. The summed E-state index contributed by atoms with van der Waals surface area (Å²) in [5, 5.41) is 9.92. The Morgan fingerprint density at radius 1 is 1.53 bits per heavy atom. The first-order chi connectivity index (χ1) is 9.20. The zero-order chi connectivity index (χ0) is 13.7. The average Bonchev–Trinajstić information content (AvgIpc) is 2.82. The molecule has 2 rings (SSSR count). The first-order valence-corrected chi connectivity index (χ1v) is 7.02. The fourth-order valence-electron chi connectivity index (χ4n) is 2.52. The van der Waals surface area contributed by atoms with Crippen molar-refractivity contribution >= 4 is 0 Å². The van der Waals surface area contributed by atoms with E-state index in [0.29, 0.717) is 25.6 Å². The summed E-state index contributed by atoms with van der Waals surface area (Å²) in [6, 6.07) is 8.19. The van der Waals surface area contributed by atoms with E-state index < -0.39 is 6.10 Å². The molecule has 1 aromatic carbocycles. The highest BCUT2D eigenvalue weighted by atomic mass is 16.5. The molecule has 1 heterocycles. The van der Waals surface area contributed by atoms with Crippen molar-refractivity contribution < 1.29 is 9.84 Å². The summed E-state index contributed by atoms with van der Waals surface area (Å²) in [5.74, 6) is 0.828. The third-order valence-electron chi connectivity index (χ3n) is 3.80. The lowest BCUT2D eigenvalue weighted by Crippen LogP contribution is -2.30. The maximum absolute atomic E-state index is 9.92. The number of aliphatic hydroxyl groups is 1. The molecule has 106 valence electrons. The van der Waals surface area contributed by atoms with Gasteiger partial charge in [0.25, 0.3) is 0 Å². The second-order valence-corrected chi connectivity index (χ2v) is 5.25. The van der Waals surface area contributed by atoms with Crippen LogP contribution in [0.3, 0.4) is 0 Å². The molecule has 1 aromatic rings. The minimum atomic E-state index is -0.497. The van der Waals surface area contributed by atoms with Gasteiger partial charge in [-0.1, -0.05) is 12.1 Å². The van der Waals surface area contributed by atoms with Crippen LogP contribution in [0.25, 0.3) is 0 Å². The Labute approximate surface area is 115 Å². The van der Waals surface area contributed by atoms with Gasteiger partial charge in [0, 0.05) is 6.04 Å². The molecule has 0 amide bonds. The molecule has 0 aromatic heterocycles. The van der Waals surface area contributed by atoms with Crippen LogP contribution in [0.15, 0.2) is 24.3 Å². The van der Waals surface area contributed by atoms with Crippen molar-refractivity contribution in [2.45, 2.75) is 31.4 Å². The third-order valence-corrected chi connectivity index (χ3v) is 3.80. The highest BCUT2D eigenvalue weighted by Crippen LogP contribution is 2.22. The molecule has 1 aliphatic rings. The minimum Gasteiger partial charge on any atom is -0.492 e. The Balaban J connectivity index is 1.91. The molecule has 0 saturated carbocycles. The quantitative estimate of drug-likeness (QED) is 0.818. The summed E-state index contributed by atoms with van der Waals surface area (Å²) < 4.78 is 5.85. The number of aliphatic hydroxyl groups excluding tert-OH is 1. The van der Waals surface area contributed by atoms with E-state index in [4.69, 9.17) is 10.5 Å². The van der Waals surface area contributed by atoms with Gasteiger partial charge in [-0.25, -0.2) is 0 Å². The molecule has 0 bridgehead atoms. The van der Waals surface area contributed by atoms with Crippen molar-refractivity contribution in [2.75, 3.05) is 26.7 Å². The second kappa shape index (κ2) is 6.89. The molecule has 0 unspecified atom stereocenters. The molecule has 4 heteroatoms. The Morgan fingerprint density at radius 3 is 3.05 bits per heavy atom. The lowest BCUT2D eigenvalue weighted by molar-refractivity contribution is 0.168. The lowest BCUT2D eigenvalue weighted by atomic mass is 10.1. The predicted molar refractivity (Wildman–Crippen MR) is 76.2 cm³/mol. The summed E-state index contributed by atoms with van der Waals surface area (Å²) in [6.07, 6.45) is 2.53. The highest BCUT2D eigenvalue weighted by Gasteiger charge is 2.21. The number of hydrogen-bond acceptors (Lipinski definition) is 4.